The van der Waals surface area contributed by atoms with E-state index in [1.54, 1.807) is 7.05 Å². The summed E-state index contributed by atoms with van der Waals surface area (Å²) in [5.41, 5.74) is 0.893. The third-order valence-corrected chi connectivity index (χ3v) is 3.88. The Morgan fingerprint density at radius 2 is 1.92 bits per heavy atom. The van der Waals surface area contributed by atoms with Gasteiger partial charge in [0, 0.05) is 46.0 Å². The molecule has 2 aromatic heterocycles. The lowest BCUT2D eigenvalue weighted by molar-refractivity contribution is 0.129. The van der Waals surface area contributed by atoms with Crippen LogP contribution in [0.5, 0.6) is 0 Å². The molecule has 2 rings (SSSR count). The van der Waals surface area contributed by atoms with E-state index in [0.717, 1.165) is 69.4 Å². The van der Waals surface area contributed by atoms with Gasteiger partial charge in [0.2, 0.25) is 0 Å². The lowest BCUT2D eigenvalue weighted by Crippen LogP contribution is -2.38. The standard InChI is InChI=1S/C18H30N6O/c1-3-4-14-25-15-8-12-21-18(19-2)20-11-7-10-17-23-22-16-9-5-6-13-24(16)17/h5-6,9,13H,3-4,7-8,10-12,14-15H2,1-2H3,(H2,19,20,21). The minimum atomic E-state index is 0.796. The Morgan fingerprint density at radius 1 is 1.12 bits per heavy atom. The first-order chi connectivity index (χ1) is 12.3. The van der Waals surface area contributed by atoms with E-state index in [4.69, 9.17) is 4.74 Å². The normalized spacial score (nSPS) is 11.8. The number of fused-ring (bicyclic) bond motifs is 1. The zero-order valence-electron chi connectivity index (χ0n) is 15.4. The molecule has 0 fully saturated rings. The van der Waals surface area contributed by atoms with Crippen LogP contribution in [0.4, 0.5) is 0 Å². The largest absolute Gasteiger partial charge is 0.381 e. The van der Waals surface area contributed by atoms with Gasteiger partial charge in [0.05, 0.1) is 0 Å². The number of aliphatic imine (C=N–C) groups is 1. The van der Waals surface area contributed by atoms with Gasteiger partial charge in [-0.2, -0.15) is 0 Å². The van der Waals surface area contributed by atoms with Crippen molar-refractivity contribution >= 4 is 11.6 Å². The molecule has 0 spiro atoms. The topological polar surface area (TPSA) is 75.8 Å². The molecule has 0 aliphatic heterocycles. The maximum absolute atomic E-state index is 5.55. The third kappa shape index (κ3) is 6.70. The fourth-order valence-corrected chi connectivity index (χ4v) is 2.46. The van der Waals surface area contributed by atoms with E-state index in [-0.39, 0.29) is 0 Å². The Balaban J connectivity index is 1.58. The molecule has 25 heavy (non-hydrogen) atoms. The average Bonchev–Trinajstić information content (AvgIpc) is 3.06. The predicted molar refractivity (Wildman–Crippen MR) is 101 cm³/mol. The second-order valence-corrected chi connectivity index (χ2v) is 5.89. The van der Waals surface area contributed by atoms with Crippen LogP contribution in [0.3, 0.4) is 0 Å². The molecule has 0 aliphatic rings. The first-order valence-corrected chi connectivity index (χ1v) is 9.16. The number of nitrogens with one attached hydrogen (secondary N) is 2. The molecule has 0 radical (unpaired) electrons. The minimum absolute atomic E-state index is 0.796. The molecule has 2 aromatic rings. The predicted octanol–water partition coefficient (Wildman–Crippen LogP) is 2.03. The highest BCUT2D eigenvalue weighted by molar-refractivity contribution is 5.79. The summed E-state index contributed by atoms with van der Waals surface area (Å²) in [7, 11) is 1.79. The summed E-state index contributed by atoms with van der Waals surface area (Å²) in [5, 5.41) is 15.1. The monoisotopic (exact) mass is 346 g/mol. The molecule has 7 heteroatoms. The SMILES string of the molecule is CCCCOCCCNC(=NC)NCCCc1nnc2ccccn12. The summed E-state index contributed by atoms with van der Waals surface area (Å²) in [4.78, 5) is 4.24. The van der Waals surface area contributed by atoms with Gasteiger partial charge in [0.1, 0.15) is 5.82 Å². The van der Waals surface area contributed by atoms with Gasteiger partial charge in [0.15, 0.2) is 11.6 Å². The van der Waals surface area contributed by atoms with Gasteiger partial charge < -0.3 is 15.4 Å². The van der Waals surface area contributed by atoms with Crippen LogP contribution in [0.1, 0.15) is 38.4 Å². The van der Waals surface area contributed by atoms with Crippen molar-refractivity contribution in [3.05, 3.63) is 30.2 Å². The molecule has 138 valence electrons. The summed E-state index contributed by atoms with van der Waals surface area (Å²) < 4.78 is 7.58. The summed E-state index contributed by atoms with van der Waals surface area (Å²) in [6, 6.07) is 5.93. The van der Waals surface area contributed by atoms with Crippen molar-refractivity contribution in [3.8, 4) is 0 Å². The molecular formula is C18H30N6O. The number of pyridine rings is 1. The van der Waals surface area contributed by atoms with Gasteiger partial charge in [0.25, 0.3) is 0 Å². The van der Waals surface area contributed by atoms with Crippen molar-refractivity contribution in [2.24, 2.45) is 4.99 Å². The van der Waals surface area contributed by atoms with Gasteiger partial charge in [-0.05, 0) is 31.4 Å². The number of hydrogen-bond donors (Lipinski definition) is 2. The number of hydrogen-bond acceptors (Lipinski definition) is 4. The average molecular weight is 346 g/mol. The second-order valence-electron chi connectivity index (χ2n) is 5.89. The van der Waals surface area contributed by atoms with Gasteiger partial charge in [-0.1, -0.05) is 19.4 Å². The Kier molecular flexibility index (Phi) is 8.75. The number of unbranched alkanes of at least 4 members (excludes halogenated alkanes) is 1. The van der Waals surface area contributed by atoms with Gasteiger partial charge in [-0.25, -0.2) is 0 Å². The van der Waals surface area contributed by atoms with Gasteiger partial charge in [-0.3, -0.25) is 9.39 Å². The fourth-order valence-electron chi connectivity index (χ4n) is 2.46. The quantitative estimate of drug-likeness (QED) is 0.370. The molecule has 0 bridgehead atoms. The molecule has 0 saturated carbocycles. The zero-order valence-corrected chi connectivity index (χ0v) is 15.4. The van der Waals surface area contributed by atoms with Crippen LogP contribution in [0.2, 0.25) is 0 Å². The molecule has 2 heterocycles. The maximum atomic E-state index is 5.55. The van der Waals surface area contributed by atoms with Crippen molar-refractivity contribution in [3.63, 3.8) is 0 Å². The number of rotatable bonds is 11. The van der Waals surface area contributed by atoms with E-state index in [1.165, 1.54) is 6.42 Å². The molecule has 0 unspecified atom stereocenters. The zero-order chi connectivity index (χ0) is 17.7. The molecule has 0 aliphatic carbocycles. The molecule has 0 saturated heterocycles. The Hall–Kier alpha value is -2.15. The van der Waals surface area contributed by atoms with E-state index in [9.17, 15) is 0 Å². The highest BCUT2D eigenvalue weighted by Gasteiger charge is 2.04. The highest BCUT2D eigenvalue weighted by atomic mass is 16.5. The summed E-state index contributed by atoms with van der Waals surface area (Å²) in [5.74, 6) is 1.82. The highest BCUT2D eigenvalue weighted by Crippen LogP contribution is 2.04. The number of aromatic nitrogens is 3. The van der Waals surface area contributed by atoms with Crippen LogP contribution in [0.15, 0.2) is 29.4 Å². The molecule has 7 nitrogen and oxygen atoms in total. The molecule has 0 amide bonds. The summed E-state index contributed by atoms with van der Waals surface area (Å²) in [6.45, 7) is 5.53. The lowest BCUT2D eigenvalue weighted by Gasteiger charge is -2.11. The van der Waals surface area contributed by atoms with Gasteiger partial charge >= 0.3 is 0 Å². The van der Waals surface area contributed by atoms with Crippen molar-refractivity contribution in [2.45, 2.75) is 39.0 Å². The minimum Gasteiger partial charge on any atom is -0.381 e. The first kappa shape index (κ1) is 19.2. The van der Waals surface area contributed by atoms with E-state index in [1.807, 2.05) is 28.8 Å². The number of nitrogens with zero attached hydrogens (tertiary/aromatic N) is 4. The third-order valence-electron chi connectivity index (χ3n) is 3.88. The van der Waals surface area contributed by atoms with Crippen LogP contribution in [-0.4, -0.2) is 53.9 Å². The molecular weight excluding hydrogens is 316 g/mol. The van der Waals surface area contributed by atoms with E-state index in [0.29, 0.717) is 0 Å². The molecule has 2 N–H and O–H groups in total. The molecule has 0 aromatic carbocycles. The van der Waals surface area contributed by atoms with Gasteiger partial charge in [-0.15, -0.1) is 10.2 Å². The lowest BCUT2D eigenvalue weighted by atomic mass is 10.3. The van der Waals surface area contributed by atoms with E-state index >= 15 is 0 Å². The van der Waals surface area contributed by atoms with Crippen LogP contribution < -0.4 is 10.6 Å². The number of aryl methyl sites for hydroxylation is 1. The number of ether oxygens (including phenoxy) is 1. The Morgan fingerprint density at radius 3 is 2.72 bits per heavy atom. The summed E-state index contributed by atoms with van der Waals surface area (Å²) in [6.07, 6.45) is 7.14. The van der Waals surface area contributed by atoms with Crippen molar-refractivity contribution in [1.82, 2.24) is 25.2 Å². The second kappa shape index (κ2) is 11.4. The fraction of sp³-hybridized carbons (Fsp3) is 0.611. The number of guanidine groups is 1. The Labute approximate surface area is 149 Å². The first-order valence-electron chi connectivity index (χ1n) is 9.16. The smallest absolute Gasteiger partial charge is 0.190 e. The van der Waals surface area contributed by atoms with Crippen molar-refractivity contribution in [1.29, 1.82) is 0 Å². The van der Waals surface area contributed by atoms with Crippen LogP contribution in [-0.2, 0) is 11.2 Å². The van der Waals surface area contributed by atoms with E-state index in [2.05, 4.69) is 32.7 Å². The summed E-state index contributed by atoms with van der Waals surface area (Å²) >= 11 is 0. The van der Waals surface area contributed by atoms with Crippen LogP contribution in [0, 0.1) is 0 Å². The Bertz CT molecular complexity index is 639. The van der Waals surface area contributed by atoms with Crippen molar-refractivity contribution < 1.29 is 4.74 Å². The van der Waals surface area contributed by atoms with Crippen molar-refractivity contribution in [2.75, 3.05) is 33.4 Å². The van der Waals surface area contributed by atoms with Crippen LogP contribution >= 0.6 is 0 Å². The van der Waals surface area contributed by atoms with Crippen LogP contribution in [0.25, 0.3) is 5.65 Å². The molecule has 0 atom stereocenters. The maximum Gasteiger partial charge on any atom is 0.190 e. The van der Waals surface area contributed by atoms with E-state index < -0.39 is 0 Å².